The first-order chi connectivity index (χ1) is 10.8. The van der Waals surface area contributed by atoms with Gasteiger partial charge in [-0.2, -0.15) is 18.4 Å². The molecule has 0 amide bonds. The summed E-state index contributed by atoms with van der Waals surface area (Å²) in [5.74, 6) is -0.885. The molecular weight excluding hydrogens is 320 g/mol. The van der Waals surface area contributed by atoms with Crippen LogP contribution in [0.5, 0.6) is 0 Å². The molecule has 0 atom stereocenters. The van der Waals surface area contributed by atoms with E-state index >= 15 is 0 Å². The van der Waals surface area contributed by atoms with Crippen molar-refractivity contribution in [2.75, 3.05) is 6.61 Å². The highest BCUT2D eigenvalue weighted by Crippen LogP contribution is 2.10. The molecule has 0 unspecified atom stereocenters. The van der Waals surface area contributed by atoms with Crippen LogP contribution in [0.4, 0.5) is 0 Å². The van der Waals surface area contributed by atoms with Gasteiger partial charge < -0.3 is 9.53 Å². The molecule has 0 saturated heterocycles. The second-order valence-electron chi connectivity index (χ2n) is 4.89. The van der Waals surface area contributed by atoms with Crippen LogP contribution in [0.3, 0.4) is 0 Å². The van der Waals surface area contributed by atoms with E-state index in [1.54, 1.807) is 19.1 Å². The van der Waals surface area contributed by atoms with Crippen molar-refractivity contribution in [2.45, 2.75) is 38.5 Å². The Bertz CT molecular complexity index is 693. The number of sulfonamides is 1. The Hall–Kier alpha value is -2.22. The predicted octanol–water partition coefficient (Wildman–Crippen LogP) is 1.56. The molecule has 0 aliphatic carbocycles. The summed E-state index contributed by atoms with van der Waals surface area (Å²) < 4.78 is 29.1. The van der Waals surface area contributed by atoms with Crippen LogP contribution < -0.4 is 4.83 Å². The Kier molecular flexibility index (Phi) is 6.89. The first-order valence-corrected chi connectivity index (χ1v) is 8.56. The van der Waals surface area contributed by atoms with Crippen molar-refractivity contribution in [3.63, 3.8) is 0 Å². The molecule has 0 heterocycles. The van der Waals surface area contributed by atoms with Crippen molar-refractivity contribution < 1.29 is 22.7 Å². The van der Waals surface area contributed by atoms with E-state index in [1.165, 1.54) is 19.1 Å². The van der Waals surface area contributed by atoms with Crippen molar-refractivity contribution in [3.8, 4) is 0 Å². The first kappa shape index (κ1) is 18.8. The molecule has 8 heteroatoms. The molecule has 0 radical (unpaired) electrons. The number of rotatable bonds is 8. The third kappa shape index (κ3) is 6.19. The Morgan fingerprint density at radius 2 is 1.78 bits per heavy atom. The number of ketones is 1. The number of benzene rings is 1. The summed E-state index contributed by atoms with van der Waals surface area (Å²) in [5, 5.41) is 3.64. The number of nitrogens with one attached hydrogen (secondary N) is 1. The second-order valence-corrected chi connectivity index (χ2v) is 6.55. The smallest absolute Gasteiger partial charge is 0.354 e. The SMILES string of the molecule is CCOC(=O)/C(CCC(C)=O)=N/NS(=O)(=O)c1ccc(C)cc1. The monoisotopic (exact) mass is 340 g/mol. The third-order valence-corrected chi connectivity index (χ3v) is 4.08. The summed E-state index contributed by atoms with van der Waals surface area (Å²) >= 11 is 0. The topological polar surface area (TPSA) is 102 Å². The van der Waals surface area contributed by atoms with Crippen molar-refractivity contribution in [2.24, 2.45) is 5.10 Å². The summed E-state index contributed by atoms with van der Waals surface area (Å²) in [4.78, 5) is 24.8. The Labute approximate surface area is 135 Å². The van der Waals surface area contributed by atoms with Crippen molar-refractivity contribution in [1.29, 1.82) is 0 Å². The average Bonchev–Trinajstić information content (AvgIpc) is 2.47. The second kappa shape index (κ2) is 8.42. The molecule has 23 heavy (non-hydrogen) atoms. The van der Waals surface area contributed by atoms with Crippen molar-refractivity contribution in [3.05, 3.63) is 29.8 Å². The lowest BCUT2D eigenvalue weighted by Gasteiger charge is -2.07. The minimum absolute atomic E-state index is 0.00455. The summed E-state index contributed by atoms with van der Waals surface area (Å²) in [6.45, 7) is 4.96. The van der Waals surface area contributed by atoms with Gasteiger partial charge in [0.05, 0.1) is 11.5 Å². The average molecular weight is 340 g/mol. The molecule has 126 valence electrons. The minimum Gasteiger partial charge on any atom is -0.461 e. The Morgan fingerprint density at radius 1 is 1.17 bits per heavy atom. The molecule has 1 rings (SSSR count). The number of hydrazone groups is 1. The van der Waals surface area contributed by atoms with Gasteiger partial charge in [-0.05, 0) is 32.9 Å². The van der Waals surface area contributed by atoms with Gasteiger partial charge in [-0.15, -0.1) is 0 Å². The van der Waals surface area contributed by atoms with Gasteiger partial charge in [0.15, 0.2) is 0 Å². The maximum absolute atomic E-state index is 12.1. The zero-order valence-electron chi connectivity index (χ0n) is 13.3. The normalized spacial score (nSPS) is 11.9. The summed E-state index contributed by atoms with van der Waals surface area (Å²) in [5.41, 5.74) is 0.777. The fourth-order valence-corrected chi connectivity index (χ4v) is 2.43. The van der Waals surface area contributed by atoms with Crippen LogP contribution >= 0.6 is 0 Å². The molecule has 0 aliphatic heterocycles. The standard InChI is InChI=1S/C15H20N2O5S/c1-4-22-15(19)14(10-7-12(3)18)16-17-23(20,21)13-8-5-11(2)6-9-13/h5-6,8-9,17H,4,7,10H2,1-3H3/b16-14+. The highest BCUT2D eigenvalue weighted by molar-refractivity contribution is 7.89. The summed E-state index contributed by atoms with van der Waals surface area (Å²) in [6.07, 6.45) is 0.0779. The van der Waals surface area contributed by atoms with E-state index in [1.807, 2.05) is 11.8 Å². The number of hydrogen-bond donors (Lipinski definition) is 1. The maximum Gasteiger partial charge on any atom is 0.354 e. The number of aryl methyl sites for hydroxylation is 1. The Morgan fingerprint density at radius 3 is 2.30 bits per heavy atom. The lowest BCUT2D eigenvalue weighted by atomic mass is 10.1. The van der Waals surface area contributed by atoms with E-state index in [0.29, 0.717) is 0 Å². The fraction of sp³-hybridized carbons (Fsp3) is 0.400. The summed E-state index contributed by atoms with van der Waals surface area (Å²) in [7, 11) is -3.89. The van der Waals surface area contributed by atoms with Crippen LogP contribution in [0.15, 0.2) is 34.3 Å². The Balaban J connectivity index is 2.95. The van der Waals surface area contributed by atoms with E-state index in [-0.39, 0.29) is 35.8 Å². The quantitative estimate of drug-likeness (QED) is 0.439. The van der Waals surface area contributed by atoms with Gasteiger partial charge >= 0.3 is 5.97 Å². The van der Waals surface area contributed by atoms with Crippen LogP contribution in [-0.2, 0) is 24.3 Å². The van der Waals surface area contributed by atoms with Crippen LogP contribution in [0, 0.1) is 6.92 Å². The molecular formula is C15H20N2O5S. The molecule has 1 aromatic carbocycles. The third-order valence-electron chi connectivity index (χ3n) is 2.86. The molecule has 1 aromatic rings. The fourth-order valence-electron chi connectivity index (χ4n) is 1.60. The van der Waals surface area contributed by atoms with Gasteiger partial charge in [0.25, 0.3) is 10.0 Å². The predicted molar refractivity (Wildman–Crippen MR) is 85.5 cm³/mol. The number of carbonyl (C=O) groups excluding carboxylic acids is 2. The number of Topliss-reactive ketones (excluding diaryl/α,β-unsaturated/α-hetero) is 1. The molecule has 0 aliphatic rings. The summed E-state index contributed by atoms with van der Waals surface area (Å²) in [6, 6.07) is 6.18. The van der Waals surface area contributed by atoms with Gasteiger partial charge in [-0.25, -0.2) is 4.79 Å². The van der Waals surface area contributed by atoms with Crippen molar-refractivity contribution >= 4 is 27.5 Å². The largest absolute Gasteiger partial charge is 0.461 e. The van der Waals surface area contributed by atoms with Gasteiger partial charge in [0.1, 0.15) is 11.5 Å². The molecule has 0 aromatic heterocycles. The minimum atomic E-state index is -3.89. The van der Waals surface area contributed by atoms with Gasteiger partial charge in [0.2, 0.25) is 0 Å². The van der Waals surface area contributed by atoms with E-state index in [9.17, 15) is 18.0 Å². The first-order valence-electron chi connectivity index (χ1n) is 7.08. The number of nitrogens with zero attached hydrogens (tertiary/aromatic N) is 1. The number of esters is 1. The van der Waals surface area contributed by atoms with E-state index in [0.717, 1.165) is 5.56 Å². The lowest BCUT2D eigenvalue weighted by Crippen LogP contribution is -2.25. The van der Waals surface area contributed by atoms with E-state index in [2.05, 4.69) is 5.10 Å². The number of ether oxygens (including phenoxy) is 1. The van der Waals surface area contributed by atoms with Crippen LogP contribution in [0.2, 0.25) is 0 Å². The number of hydrogen-bond acceptors (Lipinski definition) is 6. The molecule has 0 saturated carbocycles. The molecule has 0 fully saturated rings. The molecule has 0 spiro atoms. The van der Waals surface area contributed by atoms with Crippen LogP contribution in [0.1, 0.15) is 32.3 Å². The molecule has 7 nitrogen and oxygen atoms in total. The van der Waals surface area contributed by atoms with Crippen LogP contribution in [0.25, 0.3) is 0 Å². The highest BCUT2D eigenvalue weighted by Gasteiger charge is 2.17. The van der Waals surface area contributed by atoms with E-state index in [4.69, 9.17) is 4.74 Å². The maximum atomic E-state index is 12.1. The zero-order valence-corrected chi connectivity index (χ0v) is 14.1. The molecule has 0 bridgehead atoms. The zero-order chi connectivity index (χ0) is 17.5. The highest BCUT2D eigenvalue weighted by atomic mass is 32.2. The van der Waals surface area contributed by atoms with Crippen LogP contribution in [-0.4, -0.2) is 32.5 Å². The van der Waals surface area contributed by atoms with Gasteiger partial charge in [-0.3, -0.25) is 0 Å². The van der Waals surface area contributed by atoms with Gasteiger partial charge in [0, 0.05) is 12.8 Å². The van der Waals surface area contributed by atoms with E-state index < -0.39 is 16.0 Å². The van der Waals surface area contributed by atoms with Crippen molar-refractivity contribution in [1.82, 2.24) is 4.83 Å². The molecule has 1 N–H and O–H groups in total. The van der Waals surface area contributed by atoms with Gasteiger partial charge in [-0.1, -0.05) is 17.7 Å². The number of carbonyl (C=O) groups is 2. The lowest BCUT2D eigenvalue weighted by molar-refractivity contribution is -0.135.